The van der Waals surface area contributed by atoms with Crippen molar-refractivity contribution in [3.8, 4) is 0 Å². The van der Waals surface area contributed by atoms with Gasteiger partial charge in [-0.1, -0.05) is 0 Å². The second kappa shape index (κ2) is 5.14. The standard InChI is InChI=1S/C14H26N6/c1-9-7-15-11(17-9)13(3,4)19-20-14(5,6)12-16-8-10(2)18-12/h9-10H,7-8H2,1-6H3,(H,15,17)(H,16,18)/t9-,10-/m0/s1. The fourth-order valence-electron chi connectivity index (χ4n) is 2.19. The first-order valence-electron chi connectivity index (χ1n) is 7.28. The summed E-state index contributed by atoms with van der Waals surface area (Å²) in [5, 5.41) is 15.8. The predicted molar refractivity (Wildman–Crippen MR) is 82.8 cm³/mol. The van der Waals surface area contributed by atoms with Crippen LogP contribution in [0.25, 0.3) is 0 Å². The lowest BCUT2D eigenvalue weighted by Gasteiger charge is -2.24. The van der Waals surface area contributed by atoms with Gasteiger partial charge < -0.3 is 10.6 Å². The molecule has 2 rings (SSSR count). The molecule has 2 aliphatic heterocycles. The Balaban J connectivity index is 2.08. The Bertz CT molecular complexity index is 418. The highest BCUT2D eigenvalue weighted by Crippen LogP contribution is 2.20. The molecule has 0 saturated carbocycles. The minimum absolute atomic E-state index is 0.384. The van der Waals surface area contributed by atoms with Gasteiger partial charge in [-0.05, 0) is 41.5 Å². The summed E-state index contributed by atoms with van der Waals surface area (Å²) in [6, 6.07) is 0.767. The molecular weight excluding hydrogens is 252 g/mol. The van der Waals surface area contributed by atoms with Gasteiger partial charge in [-0.25, -0.2) is 0 Å². The molecule has 2 N–H and O–H groups in total. The Morgan fingerprint density at radius 3 is 1.45 bits per heavy atom. The van der Waals surface area contributed by atoms with Crippen LogP contribution in [-0.4, -0.2) is 47.9 Å². The highest BCUT2D eigenvalue weighted by atomic mass is 15.3. The third kappa shape index (κ3) is 3.16. The van der Waals surface area contributed by atoms with E-state index in [2.05, 4.69) is 44.7 Å². The smallest absolute Gasteiger partial charge is 0.133 e. The number of amidine groups is 2. The first-order chi connectivity index (χ1) is 9.21. The largest absolute Gasteiger partial charge is 0.367 e. The molecule has 0 spiro atoms. The zero-order chi connectivity index (χ0) is 15.0. The Kier molecular flexibility index (Phi) is 3.84. The molecule has 0 aromatic heterocycles. The average Bonchev–Trinajstić information content (AvgIpc) is 2.96. The van der Waals surface area contributed by atoms with Crippen LogP contribution in [0.3, 0.4) is 0 Å². The van der Waals surface area contributed by atoms with E-state index in [4.69, 9.17) is 0 Å². The summed E-state index contributed by atoms with van der Waals surface area (Å²) in [7, 11) is 0. The lowest BCUT2D eigenvalue weighted by molar-refractivity contribution is 0.546. The number of azo groups is 1. The fraction of sp³-hybridized carbons (Fsp3) is 0.857. The molecule has 6 heteroatoms. The molecule has 0 unspecified atom stereocenters. The highest BCUT2D eigenvalue weighted by Gasteiger charge is 2.33. The van der Waals surface area contributed by atoms with Crippen molar-refractivity contribution in [2.75, 3.05) is 13.1 Å². The van der Waals surface area contributed by atoms with Crippen LogP contribution < -0.4 is 10.6 Å². The minimum Gasteiger partial charge on any atom is -0.367 e. The van der Waals surface area contributed by atoms with Crippen LogP contribution in [0.15, 0.2) is 20.2 Å². The quantitative estimate of drug-likeness (QED) is 0.769. The summed E-state index contributed by atoms with van der Waals surface area (Å²) in [6.45, 7) is 14.0. The number of hydrogen-bond acceptors (Lipinski definition) is 6. The van der Waals surface area contributed by atoms with Gasteiger partial charge in [0.2, 0.25) is 0 Å². The van der Waals surface area contributed by atoms with Crippen LogP contribution >= 0.6 is 0 Å². The molecule has 112 valence electrons. The molecule has 0 amide bonds. The van der Waals surface area contributed by atoms with Gasteiger partial charge in [0.1, 0.15) is 22.7 Å². The third-order valence-electron chi connectivity index (χ3n) is 3.52. The Hall–Kier alpha value is -1.46. The molecule has 2 aliphatic rings. The van der Waals surface area contributed by atoms with Gasteiger partial charge in [-0.15, -0.1) is 0 Å². The number of nitrogens with one attached hydrogen (secondary N) is 2. The molecule has 0 bridgehead atoms. The van der Waals surface area contributed by atoms with Crippen LogP contribution in [0.2, 0.25) is 0 Å². The first kappa shape index (κ1) is 14.9. The Morgan fingerprint density at radius 1 is 0.850 bits per heavy atom. The Labute approximate surface area is 121 Å². The first-order valence-corrected chi connectivity index (χ1v) is 7.28. The van der Waals surface area contributed by atoms with Gasteiger partial charge in [0.25, 0.3) is 0 Å². The van der Waals surface area contributed by atoms with E-state index in [0.717, 1.165) is 24.8 Å². The van der Waals surface area contributed by atoms with Crippen molar-refractivity contribution in [2.45, 2.75) is 64.7 Å². The van der Waals surface area contributed by atoms with Crippen molar-refractivity contribution in [3.63, 3.8) is 0 Å². The molecule has 0 saturated heterocycles. The van der Waals surface area contributed by atoms with E-state index in [9.17, 15) is 0 Å². The second-order valence-corrected chi connectivity index (χ2v) is 6.79. The van der Waals surface area contributed by atoms with E-state index in [1.807, 2.05) is 27.7 Å². The number of nitrogens with zero attached hydrogens (tertiary/aromatic N) is 4. The number of rotatable bonds is 4. The van der Waals surface area contributed by atoms with Gasteiger partial charge in [-0.3, -0.25) is 9.98 Å². The Morgan fingerprint density at radius 2 is 1.20 bits per heavy atom. The maximum absolute atomic E-state index is 4.52. The van der Waals surface area contributed by atoms with Crippen molar-refractivity contribution in [1.29, 1.82) is 0 Å². The van der Waals surface area contributed by atoms with E-state index >= 15 is 0 Å². The third-order valence-corrected chi connectivity index (χ3v) is 3.52. The van der Waals surface area contributed by atoms with Crippen molar-refractivity contribution in [3.05, 3.63) is 0 Å². The summed E-state index contributed by atoms with van der Waals surface area (Å²) in [5.41, 5.74) is -0.848. The monoisotopic (exact) mass is 278 g/mol. The van der Waals surface area contributed by atoms with E-state index in [-0.39, 0.29) is 0 Å². The topological polar surface area (TPSA) is 73.5 Å². The SMILES string of the molecule is C[C@H]1CN=C(C(C)(C)N=NC(C)(C)C2=NC[C@H](C)N2)N1. The molecule has 2 atom stereocenters. The summed E-state index contributed by atoms with van der Waals surface area (Å²) in [6.07, 6.45) is 0. The molecule has 0 aliphatic carbocycles. The van der Waals surface area contributed by atoms with Gasteiger partial charge in [-0.2, -0.15) is 10.2 Å². The maximum Gasteiger partial charge on any atom is 0.133 e. The van der Waals surface area contributed by atoms with Gasteiger partial charge >= 0.3 is 0 Å². The predicted octanol–water partition coefficient (Wildman–Crippen LogP) is 1.78. The minimum atomic E-state index is -0.424. The van der Waals surface area contributed by atoms with Crippen LogP contribution in [-0.2, 0) is 0 Å². The van der Waals surface area contributed by atoms with Crippen LogP contribution in [0.1, 0.15) is 41.5 Å². The molecule has 0 aromatic carbocycles. The van der Waals surface area contributed by atoms with Gasteiger partial charge in [0.05, 0.1) is 13.1 Å². The maximum atomic E-state index is 4.52. The van der Waals surface area contributed by atoms with Crippen molar-refractivity contribution in [1.82, 2.24) is 10.6 Å². The average molecular weight is 278 g/mol. The summed E-state index contributed by atoms with van der Waals surface area (Å²) in [4.78, 5) is 9.01. The summed E-state index contributed by atoms with van der Waals surface area (Å²) >= 11 is 0. The normalized spacial score (nSPS) is 27.3. The summed E-state index contributed by atoms with van der Waals surface area (Å²) < 4.78 is 0. The van der Waals surface area contributed by atoms with E-state index in [0.29, 0.717) is 12.1 Å². The summed E-state index contributed by atoms with van der Waals surface area (Å²) in [5.74, 6) is 1.83. The highest BCUT2D eigenvalue weighted by molar-refractivity contribution is 5.93. The lowest BCUT2D eigenvalue weighted by Crippen LogP contribution is -2.43. The van der Waals surface area contributed by atoms with Crippen molar-refractivity contribution < 1.29 is 0 Å². The van der Waals surface area contributed by atoms with Gasteiger partial charge in [0.15, 0.2) is 0 Å². The van der Waals surface area contributed by atoms with Crippen LogP contribution in [0.5, 0.6) is 0 Å². The molecule has 0 radical (unpaired) electrons. The molecule has 0 aromatic rings. The zero-order valence-corrected chi connectivity index (χ0v) is 13.4. The second-order valence-electron chi connectivity index (χ2n) is 6.79. The van der Waals surface area contributed by atoms with Crippen molar-refractivity contribution in [2.24, 2.45) is 20.2 Å². The van der Waals surface area contributed by atoms with Crippen LogP contribution in [0, 0.1) is 0 Å². The molecule has 20 heavy (non-hydrogen) atoms. The van der Waals surface area contributed by atoms with E-state index in [1.54, 1.807) is 0 Å². The van der Waals surface area contributed by atoms with E-state index in [1.165, 1.54) is 0 Å². The zero-order valence-electron chi connectivity index (χ0n) is 13.4. The van der Waals surface area contributed by atoms with Crippen LogP contribution in [0.4, 0.5) is 0 Å². The molecule has 0 fully saturated rings. The molecule has 6 nitrogen and oxygen atoms in total. The van der Waals surface area contributed by atoms with Gasteiger partial charge in [0, 0.05) is 12.1 Å². The fourth-order valence-corrected chi connectivity index (χ4v) is 2.19. The number of hydrogen-bond donors (Lipinski definition) is 2. The molecule has 2 heterocycles. The molecular formula is C14H26N6. The lowest BCUT2D eigenvalue weighted by atomic mass is 10.0. The van der Waals surface area contributed by atoms with Crippen molar-refractivity contribution >= 4 is 11.7 Å². The number of aliphatic imine (C=N–C) groups is 2. The van der Waals surface area contributed by atoms with E-state index < -0.39 is 11.1 Å².